The van der Waals surface area contributed by atoms with E-state index < -0.39 is 0 Å². The summed E-state index contributed by atoms with van der Waals surface area (Å²) in [7, 11) is 0. The Kier molecular flexibility index (Phi) is 4.96. The van der Waals surface area contributed by atoms with E-state index >= 15 is 0 Å². The summed E-state index contributed by atoms with van der Waals surface area (Å²) in [5.74, 6) is -0.0868. The zero-order chi connectivity index (χ0) is 12.8. The highest BCUT2D eigenvalue weighted by atomic mass is 35.5. The lowest BCUT2D eigenvalue weighted by Gasteiger charge is -2.26. The number of carbonyl (C=O) groups excluding carboxylic acids is 1. The Hall–Kier alpha value is -1.13. The van der Waals surface area contributed by atoms with Gasteiger partial charge >= 0.3 is 0 Å². The smallest absolute Gasteiger partial charge is 0.251 e. The number of piperidine rings is 1. The molecule has 2 rings (SSSR count). The van der Waals surface area contributed by atoms with Crippen LogP contribution in [0.2, 0.25) is 5.15 Å². The zero-order valence-corrected chi connectivity index (χ0v) is 11.1. The van der Waals surface area contributed by atoms with E-state index in [1.54, 1.807) is 18.3 Å². The van der Waals surface area contributed by atoms with Gasteiger partial charge in [0.15, 0.2) is 0 Å². The lowest BCUT2D eigenvalue weighted by Crippen LogP contribution is -2.37. The highest BCUT2D eigenvalue weighted by Crippen LogP contribution is 2.08. The molecule has 4 nitrogen and oxygen atoms in total. The molecule has 1 aliphatic heterocycles. The molecule has 1 aliphatic rings. The molecule has 2 heterocycles. The Morgan fingerprint density at radius 2 is 2.17 bits per heavy atom. The predicted molar refractivity (Wildman–Crippen MR) is 71.9 cm³/mol. The molecule has 0 aliphatic carbocycles. The number of hydrogen-bond acceptors (Lipinski definition) is 3. The minimum Gasteiger partial charge on any atom is -0.351 e. The summed E-state index contributed by atoms with van der Waals surface area (Å²) in [6.45, 7) is 3.90. The molecular weight excluding hydrogens is 250 g/mol. The topological polar surface area (TPSA) is 45.2 Å². The SMILES string of the molecule is O=C(NCCN1CCCCC1)c1ccnc(Cl)c1. The minimum atomic E-state index is -0.0868. The maximum atomic E-state index is 11.8. The molecule has 1 aromatic heterocycles. The molecule has 18 heavy (non-hydrogen) atoms. The van der Waals surface area contributed by atoms with Crippen LogP contribution >= 0.6 is 11.6 Å². The normalized spacial score (nSPS) is 16.5. The average Bonchev–Trinajstić information content (AvgIpc) is 2.40. The Bertz CT molecular complexity index is 405. The zero-order valence-electron chi connectivity index (χ0n) is 10.4. The van der Waals surface area contributed by atoms with Crippen molar-refractivity contribution in [3.8, 4) is 0 Å². The van der Waals surface area contributed by atoms with E-state index in [0.717, 1.165) is 19.6 Å². The first-order chi connectivity index (χ1) is 8.75. The molecule has 1 amide bonds. The van der Waals surface area contributed by atoms with Crippen LogP contribution in [0.4, 0.5) is 0 Å². The van der Waals surface area contributed by atoms with Gasteiger partial charge in [0, 0.05) is 24.8 Å². The lowest BCUT2D eigenvalue weighted by atomic mass is 10.1. The molecule has 1 aromatic rings. The summed E-state index contributed by atoms with van der Waals surface area (Å²) >= 11 is 5.75. The van der Waals surface area contributed by atoms with E-state index in [0.29, 0.717) is 17.3 Å². The van der Waals surface area contributed by atoms with Crippen molar-refractivity contribution in [2.24, 2.45) is 0 Å². The monoisotopic (exact) mass is 267 g/mol. The van der Waals surface area contributed by atoms with Crippen molar-refractivity contribution < 1.29 is 4.79 Å². The first-order valence-corrected chi connectivity index (χ1v) is 6.75. The van der Waals surface area contributed by atoms with Gasteiger partial charge in [0.1, 0.15) is 5.15 Å². The maximum absolute atomic E-state index is 11.8. The second-order valence-electron chi connectivity index (χ2n) is 4.53. The van der Waals surface area contributed by atoms with Crippen LogP contribution in [-0.4, -0.2) is 42.0 Å². The summed E-state index contributed by atoms with van der Waals surface area (Å²) < 4.78 is 0. The summed E-state index contributed by atoms with van der Waals surface area (Å²) in [6, 6.07) is 3.25. The molecule has 0 radical (unpaired) electrons. The van der Waals surface area contributed by atoms with Crippen molar-refractivity contribution in [2.45, 2.75) is 19.3 Å². The van der Waals surface area contributed by atoms with Crippen molar-refractivity contribution in [1.82, 2.24) is 15.2 Å². The molecule has 1 fully saturated rings. The molecule has 5 heteroatoms. The largest absolute Gasteiger partial charge is 0.351 e. The van der Waals surface area contributed by atoms with Crippen LogP contribution in [0.5, 0.6) is 0 Å². The van der Waals surface area contributed by atoms with Gasteiger partial charge in [-0.05, 0) is 38.1 Å². The molecular formula is C13H18ClN3O. The summed E-state index contributed by atoms with van der Waals surface area (Å²) in [5, 5.41) is 3.25. The third-order valence-electron chi connectivity index (χ3n) is 3.15. The van der Waals surface area contributed by atoms with Gasteiger partial charge in [-0.25, -0.2) is 4.98 Å². The van der Waals surface area contributed by atoms with Gasteiger partial charge in [0.05, 0.1) is 0 Å². The molecule has 0 unspecified atom stereocenters. The van der Waals surface area contributed by atoms with Crippen LogP contribution in [0, 0.1) is 0 Å². The van der Waals surface area contributed by atoms with Crippen molar-refractivity contribution in [2.75, 3.05) is 26.2 Å². The van der Waals surface area contributed by atoms with Gasteiger partial charge in [-0.15, -0.1) is 0 Å². The van der Waals surface area contributed by atoms with E-state index in [-0.39, 0.29) is 5.91 Å². The number of halogens is 1. The number of rotatable bonds is 4. The number of nitrogens with zero attached hydrogens (tertiary/aromatic N) is 2. The Labute approximate surface area is 112 Å². The predicted octanol–water partition coefficient (Wildman–Crippen LogP) is 1.95. The van der Waals surface area contributed by atoms with Crippen molar-refractivity contribution in [3.63, 3.8) is 0 Å². The molecule has 0 atom stereocenters. The second kappa shape index (κ2) is 6.71. The number of aromatic nitrogens is 1. The number of likely N-dealkylation sites (tertiary alicyclic amines) is 1. The van der Waals surface area contributed by atoms with Crippen LogP contribution in [0.15, 0.2) is 18.3 Å². The van der Waals surface area contributed by atoms with Gasteiger partial charge in [-0.3, -0.25) is 4.79 Å². The Balaban J connectivity index is 1.74. The van der Waals surface area contributed by atoms with Crippen LogP contribution < -0.4 is 5.32 Å². The van der Waals surface area contributed by atoms with E-state index in [9.17, 15) is 4.79 Å². The molecule has 98 valence electrons. The standard InChI is InChI=1S/C13H18ClN3O/c14-12-10-11(4-5-15-12)13(18)16-6-9-17-7-2-1-3-8-17/h4-5,10H,1-3,6-9H2,(H,16,18). The fraction of sp³-hybridized carbons (Fsp3) is 0.538. The van der Waals surface area contributed by atoms with Crippen molar-refractivity contribution >= 4 is 17.5 Å². The second-order valence-corrected chi connectivity index (χ2v) is 4.91. The highest BCUT2D eigenvalue weighted by Gasteiger charge is 2.10. The van der Waals surface area contributed by atoms with E-state index in [1.807, 2.05) is 0 Å². The fourth-order valence-corrected chi connectivity index (χ4v) is 2.33. The average molecular weight is 268 g/mol. The van der Waals surface area contributed by atoms with Crippen LogP contribution in [0.3, 0.4) is 0 Å². The first-order valence-electron chi connectivity index (χ1n) is 6.38. The van der Waals surface area contributed by atoms with Gasteiger partial charge < -0.3 is 10.2 Å². The van der Waals surface area contributed by atoms with Crippen molar-refractivity contribution in [3.05, 3.63) is 29.0 Å². The summed E-state index contributed by atoms with van der Waals surface area (Å²) in [4.78, 5) is 18.1. The quantitative estimate of drug-likeness (QED) is 0.848. The maximum Gasteiger partial charge on any atom is 0.251 e. The van der Waals surface area contributed by atoms with Gasteiger partial charge in [0.2, 0.25) is 0 Å². The lowest BCUT2D eigenvalue weighted by molar-refractivity contribution is 0.0946. The van der Waals surface area contributed by atoms with E-state index in [2.05, 4.69) is 15.2 Å². The molecule has 0 spiro atoms. The Morgan fingerprint density at radius 3 is 2.89 bits per heavy atom. The number of hydrogen-bond donors (Lipinski definition) is 1. The molecule has 0 saturated carbocycles. The highest BCUT2D eigenvalue weighted by molar-refractivity contribution is 6.29. The third-order valence-corrected chi connectivity index (χ3v) is 3.36. The van der Waals surface area contributed by atoms with Crippen LogP contribution in [-0.2, 0) is 0 Å². The molecule has 1 N–H and O–H groups in total. The number of amides is 1. The first kappa shape index (κ1) is 13.3. The summed E-state index contributed by atoms with van der Waals surface area (Å²) in [6.07, 6.45) is 5.42. The third kappa shape index (κ3) is 3.96. The van der Waals surface area contributed by atoms with Gasteiger partial charge in [0.25, 0.3) is 5.91 Å². The summed E-state index contributed by atoms with van der Waals surface area (Å²) in [5.41, 5.74) is 0.564. The molecule has 0 bridgehead atoms. The number of nitrogens with one attached hydrogen (secondary N) is 1. The van der Waals surface area contributed by atoms with Crippen molar-refractivity contribution in [1.29, 1.82) is 0 Å². The van der Waals surface area contributed by atoms with Gasteiger partial charge in [-0.1, -0.05) is 18.0 Å². The van der Waals surface area contributed by atoms with Gasteiger partial charge in [-0.2, -0.15) is 0 Å². The van der Waals surface area contributed by atoms with Crippen LogP contribution in [0.1, 0.15) is 29.6 Å². The minimum absolute atomic E-state index is 0.0868. The molecule has 0 aromatic carbocycles. The fourth-order valence-electron chi connectivity index (χ4n) is 2.16. The molecule has 1 saturated heterocycles. The van der Waals surface area contributed by atoms with E-state index in [4.69, 9.17) is 11.6 Å². The Morgan fingerprint density at radius 1 is 1.39 bits per heavy atom. The number of pyridine rings is 1. The van der Waals surface area contributed by atoms with E-state index in [1.165, 1.54) is 19.3 Å². The van der Waals surface area contributed by atoms with Crippen LogP contribution in [0.25, 0.3) is 0 Å². The number of carbonyl (C=O) groups is 1.